The Kier molecular flexibility index (Phi) is 2.61. The summed E-state index contributed by atoms with van der Waals surface area (Å²) in [5.41, 5.74) is 4.84. The molecule has 0 aliphatic carbocycles. The molecular weight excluding hydrogens is 258 g/mol. The molecule has 0 saturated carbocycles. The lowest BCUT2D eigenvalue weighted by Crippen LogP contribution is -2.03. The third-order valence-electron chi connectivity index (χ3n) is 4.16. The molecule has 0 aliphatic heterocycles. The van der Waals surface area contributed by atoms with Gasteiger partial charge in [0.1, 0.15) is 0 Å². The van der Waals surface area contributed by atoms with Crippen LogP contribution < -0.4 is 0 Å². The van der Waals surface area contributed by atoms with Crippen LogP contribution >= 0.6 is 0 Å². The number of rotatable bonds is 2. The molecule has 3 heteroatoms. The standard InChI is InChI=1S/C18H17N3/c1-13-11-14-7-3-5-9-17(14)21(13)12-16-15-8-4-6-10-18(15)20(2)19-16/h3-11H,12H2,1-2H3. The smallest absolute Gasteiger partial charge is 0.0900 e. The summed E-state index contributed by atoms with van der Waals surface area (Å²) in [5.74, 6) is 0. The molecule has 2 heterocycles. The molecule has 3 nitrogen and oxygen atoms in total. The van der Waals surface area contributed by atoms with Gasteiger partial charge >= 0.3 is 0 Å². The van der Waals surface area contributed by atoms with E-state index in [0.29, 0.717) is 0 Å². The molecule has 4 rings (SSSR count). The lowest BCUT2D eigenvalue weighted by molar-refractivity contribution is 0.722. The number of aromatic nitrogens is 3. The zero-order chi connectivity index (χ0) is 14.4. The second-order valence-corrected chi connectivity index (χ2v) is 5.52. The summed E-state index contributed by atoms with van der Waals surface area (Å²) in [7, 11) is 2.01. The first-order valence-corrected chi connectivity index (χ1v) is 7.19. The number of fused-ring (bicyclic) bond motifs is 2. The Morgan fingerprint density at radius 1 is 0.952 bits per heavy atom. The molecule has 0 radical (unpaired) electrons. The molecule has 0 amide bonds. The van der Waals surface area contributed by atoms with Crippen molar-refractivity contribution < 1.29 is 0 Å². The van der Waals surface area contributed by atoms with Crippen molar-refractivity contribution in [2.45, 2.75) is 13.5 Å². The van der Waals surface area contributed by atoms with Crippen LogP contribution in [-0.4, -0.2) is 14.3 Å². The van der Waals surface area contributed by atoms with Gasteiger partial charge < -0.3 is 4.57 Å². The zero-order valence-electron chi connectivity index (χ0n) is 12.2. The summed E-state index contributed by atoms with van der Waals surface area (Å²) >= 11 is 0. The Labute approximate surface area is 123 Å². The fourth-order valence-electron chi connectivity index (χ4n) is 3.11. The zero-order valence-corrected chi connectivity index (χ0v) is 12.2. The van der Waals surface area contributed by atoms with Crippen molar-refractivity contribution in [3.8, 4) is 0 Å². The molecule has 0 spiro atoms. The van der Waals surface area contributed by atoms with Gasteiger partial charge in [-0.3, -0.25) is 4.68 Å². The molecule has 0 unspecified atom stereocenters. The van der Waals surface area contributed by atoms with E-state index in [1.54, 1.807) is 0 Å². The maximum absolute atomic E-state index is 4.71. The van der Waals surface area contributed by atoms with Crippen LogP contribution in [0.5, 0.6) is 0 Å². The van der Waals surface area contributed by atoms with Crippen LogP contribution in [-0.2, 0) is 13.6 Å². The monoisotopic (exact) mass is 275 g/mol. The van der Waals surface area contributed by atoms with E-state index in [2.05, 4.69) is 66.1 Å². The average Bonchev–Trinajstić information content (AvgIpc) is 2.99. The van der Waals surface area contributed by atoms with E-state index in [0.717, 1.165) is 12.2 Å². The Hall–Kier alpha value is -2.55. The molecule has 0 fully saturated rings. The van der Waals surface area contributed by atoms with E-state index in [-0.39, 0.29) is 0 Å². The number of para-hydroxylation sites is 2. The average molecular weight is 275 g/mol. The summed E-state index contributed by atoms with van der Waals surface area (Å²) in [6.45, 7) is 2.96. The van der Waals surface area contributed by atoms with Crippen molar-refractivity contribution in [2.75, 3.05) is 0 Å². The largest absolute Gasteiger partial charge is 0.339 e. The molecule has 0 saturated heterocycles. The predicted molar refractivity (Wildman–Crippen MR) is 86.5 cm³/mol. The number of hydrogen-bond acceptors (Lipinski definition) is 1. The van der Waals surface area contributed by atoms with Gasteiger partial charge in [0.2, 0.25) is 0 Å². The first-order chi connectivity index (χ1) is 10.2. The van der Waals surface area contributed by atoms with Crippen molar-refractivity contribution >= 4 is 21.8 Å². The highest BCUT2D eigenvalue weighted by Gasteiger charge is 2.11. The van der Waals surface area contributed by atoms with Crippen LogP contribution in [0.1, 0.15) is 11.4 Å². The molecule has 0 bridgehead atoms. The fourth-order valence-corrected chi connectivity index (χ4v) is 3.11. The highest BCUT2D eigenvalue weighted by molar-refractivity contribution is 5.83. The van der Waals surface area contributed by atoms with E-state index in [1.165, 1.54) is 27.5 Å². The minimum absolute atomic E-state index is 0.806. The Morgan fingerprint density at radius 3 is 2.52 bits per heavy atom. The van der Waals surface area contributed by atoms with Gasteiger partial charge in [-0.25, -0.2) is 0 Å². The van der Waals surface area contributed by atoms with Crippen LogP contribution in [0.15, 0.2) is 54.6 Å². The lowest BCUT2D eigenvalue weighted by atomic mass is 10.2. The second kappa shape index (κ2) is 4.48. The van der Waals surface area contributed by atoms with Crippen molar-refractivity contribution in [1.29, 1.82) is 0 Å². The SMILES string of the molecule is Cc1cc2ccccc2n1Cc1nn(C)c2ccccc12. The molecule has 21 heavy (non-hydrogen) atoms. The molecular formula is C18H17N3. The normalized spacial score (nSPS) is 11.5. The van der Waals surface area contributed by atoms with Crippen molar-refractivity contribution in [3.63, 3.8) is 0 Å². The third-order valence-corrected chi connectivity index (χ3v) is 4.16. The van der Waals surface area contributed by atoms with Crippen LogP contribution in [0, 0.1) is 6.92 Å². The molecule has 0 atom stereocenters. The number of nitrogens with zero attached hydrogens (tertiary/aromatic N) is 3. The van der Waals surface area contributed by atoms with Gasteiger partial charge in [0, 0.05) is 23.6 Å². The summed E-state index contributed by atoms with van der Waals surface area (Å²) in [6, 6.07) is 19.2. The van der Waals surface area contributed by atoms with Crippen molar-refractivity contribution in [2.24, 2.45) is 7.05 Å². The minimum atomic E-state index is 0.806. The maximum Gasteiger partial charge on any atom is 0.0900 e. The molecule has 2 aromatic carbocycles. The fraction of sp³-hybridized carbons (Fsp3) is 0.167. The first-order valence-electron chi connectivity index (χ1n) is 7.19. The minimum Gasteiger partial charge on any atom is -0.339 e. The molecule has 4 aromatic rings. The summed E-state index contributed by atoms with van der Waals surface area (Å²) in [6.07, 6.45) is 0. The van der Waals surface area contributed by atoms with Gasteiger partial charge in [-0.15, -0.1) is 0 Å². The lowest BCUT2D eigenvalue weighted by Gasteiger charge is -2.06. The molecule has 104 valence electrons. The van der Waals surface area contributed by atoms with Gasteiger partial charge in [-0.05, 0) is 30.5 Å². The van der Waals surface area contributed by atoms with Crippen molar-refractivity contribution in [3.05, 3.63) is 66.0 Å². The van der Waals surface area contributed by atoms with Crippen LogP contribution in [0.4, 0.5) is 0 Å². The molecule has 0 N–H and O–H groups in total. The Bertz CT molecular complexity index is 944. The van der Waals surface area contributed by atoms with Crippen LogP contribution in [0.3, 0.4) is 0 Å². The summed E-state index contributed by atoms with van der Waals surface area (Å²) in [5, 5.41) is 7.23. The van der Waals surface area contributed by atoms with E-state index >= 15 is 0 Å². The van der Waals surface area contributed by atoms with Gasteiger partial charge in [0.25, 0.3) is 0 Å². The predicted octanol–water partition coefficient (Wildman–Crippen LogP) is 3.88. The summed E-state index contributed by atoms with van der Waals surface area (Å²) < 4.78 is 4.30. The Balaban J connectivity index is 1.89. The van der Waals surface area contributed by atoms with Gasteiger partial charge in [0.05, 0.1) is 17.8 Å². The van der Waals surface area contributed by atoms with Crippen LogP contribution in [0.2, 0.25) is 0 Å². The number of benzene rings is 2. The second-order valence-electron chi connectivity index (χ2n) is 5.52. The first kappa shape index (κ1) is 12.2. The van der Waals surface area contributed by atoms with E-state index in [9.17, 15) is 0 Å². The molecule has 2 aromatic heterocycles. The number of hydrogen-bond donors (Lipinski definition) is 0. The van der Waals surface area contributed by atoms with E-state index in [1.807, 2.05) is 11.7 Å². The highest BCUT2D eigenvalue weighted by atomic mass is 15.3. The van der Waals surface area contributed by atoms with E-state index in [4.69, 9.17) is 5.10 Å². The third kappa shape index (κ3) is 1.85. The topological polar surface area (TPSA) is 22.8 Å². The highest BCUT2D eigenvalue weighted by Crippen LogP contribution is 2.23. The Morgan fingerprint density at radius 2 is 1.67 bits per heavy atom. The van der Waals surface area contributed by atoms with Gasteiger partial charge in [-0.1, -0.05) is 36.4 Å². The quantitative estimate of drug-likeness (QED) is 0.544. The van der Waals surface area contributed by atoms with E-state index < -0.39 is 0 Å². The van der Waals surface area contributed by atoms with Gasteiger partial charge in [0.15, 0.2) is 0 Å². The number of aryl methyl sites for hydroxylation is 2. The van der Waals surface area contributed by atoms with Crippen molar-refractivity contribution in [1.82, 2.24) is 14.3 Å². The van der Waals surface area contributed by atoms with Gasteiger partial charge in [-0.2, -0.15) is 5.10 Å². The molecule has 0 aliphatic rings. The van der Waals surface area contributed by atoms with Crippen LogP contribution in [0.25, 0.3) is 21.8 Å². The maximum atomic E-state index is 4.71. The summed E-state index contributed by atoms with van der Waals surface area (Å²) in [4.78, 5) is 0.